The van der Waals surface area contributed by atoms with Gasteiger partial charge in [-0.2, -0.15) is 0 Å². The Morgan fingerprint density at radius 2 is 2.12 bits per heavy atom. The molecule has 32 heavy (non-hydrogen) atoms. The lowest BCUT2D eigenvalue weighted by molar-refractivity contribution is 0.371. The number of nitrogens with zero attached hydrogens (tertiary/aromatic N) is 2. The number of hydrogen-bond donors (Lipinski definition) is 3. The van der Waals surface area contributed by atoms with Crippen molar-refractivity contribution in [3.05, 3.63) is 68.6 Å². The van der Waals surface area contributed by atoms with Crippen LogP contribution in [0.4, 0.5) is 0 Å². The van der Waals surface area contributed by atoms with Crippen LogP contribution in [-0.2, 0) is 13.0 Å². The Morgan fingerprint density at radius 1 is 1.22 bits per heavy atom. The number of aromatic amines is 2. The van der Waals surface area contributed by atoms with Crippen LogP contribution in [0.25, 0.3) is 21.9 Å². The Kier molecular flexibility index (Phi) is 4.43. The van der Waals surface area contributed by atoms with E-state index in [1.54, 1.807) is 25.6 Å². The summed E-state index contributed by atoms with van der Waals surface area (Å²) in [5, 5.41) is 4.15. The maximum absolute atomic E-state index is 13.2. The van der Waals surface area contributed by atoms with Crippen LogP contribution in [0.2, 0.25) is 0 Å². The van der Waals surface area contributed by atoms with Crippen molar-refractivity contribution in [1.29, 1.82) is 0 Å². The zero-order chi connectivity index (χ0) is 21.8. The van der Waals surface area contributed by atoms with E-state index in [9.17, 15) is 9.59 Å². The Morgan fingerprint density at radius 3 is 3.00 bits per heavy atom. The summed E-state index contributed by atoms with van der Waals surface area (Å²) < 4.78 is 6.93. The quantitative estimate of drug-likeness (QED) is 0.460. The van der Waals surface area contributed by atoms with Gasteiger partial charge >= 0.3 is 5.69 Å². The van der Waals surface area contributed by atoms with Gasteiger partial charge < -0.3 is 20.0 Å². The number of H-pyrrole nitrogens is 2. The summed E-state index contributed by atoms with van der Waals surface area (Å²) >= 11 is 0. The average Bonchev–Trinajstić information content (AvgIpc) is 3.44. The third-order valence-electron chi connectivity index (χ3n) is 7.28. The molecule has 1 aliphatic heterocycles. The molecule has 0 amide bonds. The van der Waals surface area contributed by atoms with Crippen molar-refractivity contribution in [2.75, 3.05) is 13.7 Å². The molecule has 1 saturated heterocycles. The van der Waals surface area contributed by atoms with Crippen LogP contribution in [0.5, 0.6) is 5.75 Å². The van der Waals surface area contributed by atoms with Gasteiger partial charge in [0.25, 0.3) is 5.56 Å². The van der Waals surface area contributed by atoms with Crippen LogP contribution in [0, 0.1) is 5.92 Å². The van der Waals surface area contributed by atoms with Crippen molar-refractivity contribution in [2.45, 2.75) is 37.8 Å². The van der Waals surface area contributed by atoms with Gasteiger partial charge in [0.05, 0.1) is 35.4 Å². The molecule has 0 radical (unpaired) electrons. The first-order chi connectivity index (χ1) is 15.6. The number of methoxy groups -OCH3 is 1. The number of rotatable bonds is 4. The topological polar surface area (TPSA) is 105 Å². The summed E-state index contributed by atoms with van der Waals surface area (Å²) in [5.74, 6) is 1.90. The van der Waals surface area contributed by atoms with E-state index in [4.69, 9.17) is 4.74 Å². The normalized spacial score (nSPS) is 22.2. The molecule has 4 aromatic rings. The molecule has 1 aliphatic carbocycles. The highest BCUT2D eigenvalue weighted by atomic mass is 16.5. The standard InChI is InChI=1S/C24H25N5O3/c1-32-21-4-2-3-15-14(21)6-5-13-11-25-17(22(13)15)7-8-29-23(30)16-9-19-20(27-12-26-19)10-18(16)28-24(29)31/h2-4,9-10,12-13,17,22,25H,5-8,11H2,1H3,(H,26,27)(H,28,31)/t13-,17?,22+/m0/s1. The molecule has 2 aliphatic rings. The number of benzene rings is 2. The average molecular weight is 431 g/mol. The van der Waals surface area contributed by atoms with E-state index in [2.05, 4.69) is 32.4 Å². The lowest BCUT2D eigenvalue weighted by Gasteiger charge is -2.32. The second-order valence-corrected chi connectivity index (χ2v) is 8.86. The third-order valence-corrected chi connectivity index (χ3v) is 7.28. The summed E-state index contributed by atoms with van der Waals surface area (Å²) in [5.41, 5.74) is 4.02. The summed E-state index contributed by atoms with van der Waals surface area (Å²) in [7, 11) is 1.72. The van der Waals surface area contributed by atoms with Crippen LogP contribution in [0.15, 0.2) is 46.2 Å². The minimum atomic E-state index is -0.377. The third kappa shape index (κ3) is 2.90. The predicted octanol–water partition coefficient (Wildman–Crippen LogP) is 2.28. The molecule has 8 nitrogen and oxygen atoms in total. The molecule has 0 bridgehead atoms. The fourth-order valence-corrected chi connectivity index (χ4v) is 5.76. The monoisotopic (exact) mass is 431 g/mol. The lowest BCUT2D eigenvalue weighted by Crippen LogP contribution is -2.38. The maximum atomic E-state index is 13.2. The van der Waals surface area contributed by atoms with Crippen molar-refractivity contribution < 1.29 is 4.74 Å². The number of aromatic nitrogens is 4. The van der Waals surface area contributed by atoms with Gasteiger partial charge in [-0.3, -0.25) is 9.36 Å². The van der Waals surface area contributed by atoms with Crippen LogP contribution >= 0.6 is 0 Å². The zero-order valence-corrected chi connectivity index (χ0v) is 17.9. The fraction of sp³-hybridized carbons (Fsp3) is 0.375. The molecule has 3 N–H and O–H groups in total. The lowest BCUT2D eigenvalue weighted by atomic mass is 9.73. The van der Waals surface area contributed by atoms with E-state index in [1.165, 1.54) is 15.7 Å². The Labute approximate surface area is 183 Å². The highest BCUT2D eigenvalue weighted by Crippen LogP contribution is 2.45. The SMILES string of the molecule is COc1cccc2c1CC[C@H]1CNC(CCn3c(=O)[nH]c4cc5nc[nH]c5cc4c3=O)[C@@H]21. The molecule has 1 unspecified atom stereocenters. The molecular formula is C24H25N5O3. The van der Waals surface area contributed by atoms with E-state index in [-0.39, 0.29) is 17.3 Å². The summed E-state index contributed by atoms with van der Waals surface area (Å²) in [6.45, 7) is 1.33. The molecule has 8 heteroatoms. The smallest absolute Gasteiger partial charge is 0.328 e. The van der Waals surface area contributed by atoms with Crippen LogP contribution in [0.3, 0.4) is 0 Å². The van der Waals surface area contributed by atoms with E-state index in [0.717, 1.165) is 36.2 Å². The minimum absolute atomic E-state index is 0.211. The first-order valence-electron chi connectivity index (χ1n) is 11.1. The molecule has 0 saturated carbocycles. The maximum Gasteiger partial charge on any atom is 0.328 e. The summed E-state index contributed by atoms with van der Waals surface area (Å²) in [6, 6.07) is 10.0. The second-order valence-electron chi connectivity index (χ2n) is 8.86. The van der Waals surface area contributed by atoms with Gasteiger partial charge in [0.15, 0.2) is 0 Å². The van der Waals surface area contributed by atoms with E-state index < -0.39 is 0 Å². The van der Waals surface area contributed by atoms with Crippen molar-refractivity contribution in [1.82, 2.24) is 24.8 Å². The number of hydrogen-bond acceptors (Lipinski definition) is 5. The van der Waals surface area contributed by atoms with Gasteiger partial charge in [0.2, 0.25) is 0 Å². The van der Waals surface area contributed by atoms with Crippen molar-refractivity contribution in [3.63, 3.8) is 0 Å². The number of imidazole rings is 1. The second kappa shape index (κ2) is 7.34. The molecule has 1 fully saturated rings. The van der Waals surface area contributed by atoms with Crippen molar-refractivity contribution in [3.8, 4) is 5.75 Å². The molecule has 3 heterocycles. The minimum Gasteiger partial charge on any atom is -0.496 e. The Bertz CT molecular complexity index is 1450. The largest absolute Gasteiger partial charge is 0.496 e. The Hall–Kier alpha value is -3.39. The van der Waals surface area contributed by atoms with Crippen LogP contribution in [0.1, 0.15) is 29.9 Å². The van der Waals surface area contributed by atoms with Gasteiger partial charge in [0, 0.05) is 18.5 Å². The molecular weight excluding hydrogens is 406 g/mol. The molecule has 0 spiro atoms. The predicted molar refractivity (Wildman–Crippen MR) is 122 cm³/mol. The number of nitrogens with one attached hydrogen (secondary N) is 3. The first-order valence-corrected chi connectivity index (χ1v) is 11.1. The summed E-state index contributed by atoms with van der Waals surface area (Å²) in [6.07, 6.45) is 4.44. The van der Waals surface area contributed by atoms with Crippen LogP contribution in [-0.4, -0.2) is 39.2 Å². The molecule has 3 atom stereocenters. The highest BCUT2D eigenvalue weighted by molar-refractivity contribution is 5.92. The number of ether oxygens (including phenoxy) is 1. The Balaban J connectivity index is 1.32. The van der Waals surface area contributed by atoms with E-state index in [1.807, 2.05) is 6.07 Å². The first kappa shape index (κ1) is 19.3. The van der Waals surface area contributed by atoms with Crippen molar-refractivity contribution in [2.24, 2.45) is 5.92 Å². The van der Waals surface area contributed by atoms with Gasteiger partial charge in [-0.05, 0) is 61.1 Å². The van der Waals surface area contributed by atoms with Crippen LogP contribution < -0.4 is 21.3 Å². The zero-order valence-electron chi connectivity index (χ0n) is 17.9. The fourth-order valence-electron chi connectivity index (χ4n) is 5.76. The highest BCUT2D eigenvalue weighted by Gasteiger charge is 2.40. The van der Waals surface area contributed by atoms with Crippen molar-refractivity contribution >= 4 is 21.9 Å². The van der Waals surface area contributed by atoms with Gasteiger partial charge in [0.1, 0.15) is 5.75 Å². The van der Waals surface area contributed by atoms with Gasteiger partial charge in [-0.1, -0.05) is 12.1 Å². The van der Waals surface area contributed by atoms with Gasteiger partial charge in [-0.15, -0.1) is 0 Å². The van der Waals surface area contributed by atoms with E-state index in [0.29, 0.717) is 35.7 Å². The molecule has 2 aromatic heterocycles. The molecule has 164 valence electrons. The number of fused-ring (bicyclic) bond motifs is 5. The summed E-state index contributed by atoms with van der Waals surface area (Å²) in [4.78, 5) is 36.0. The molecule has 2 aromatic carbocycles. The van der Waals surface area contributed by atoms with E-state index >= 15 is 0 Å². The van der Waals surface area contributed by atoms with Gasteiger partial charge in [-0.25, -0.2) is 9.78 Å². The molecule has 6 rings (SSSR count).